The van der Waals surface area contributed by atoms with Gasteiger partial charge in [-0.3, -0.25) is 19.7 Å². The quantitative estimate of drug-likeness (QED) is 0.297. The first-order valence-corrected chi connectivity index (χ1v) is 8.45. The molecule has 8 heteroatoms. The van der Waals surface area contributed by atoms with Gasteiger partial charge in [0.1, 0.15) is 0 Å². The molecule has 0 radical (unpaired) electrons. The Morgan fingerprint density at radius 3 is 2.03 bits per heavy atom. The summed E-state index contributed by atoms with van der Waals surface area (Å²) in [4.78, 5) is 34.2. The Kier molecular flexibility index (Phi) is 7.25. The van der Waals surface area contributed by atoms with Gasteiger partial charge in [-0.05, 0) is 47.5 Å². The predicted octanol–water partition coefficient (Wildman–Crippen LogP) is 3.57. The molecule has 0 aromatic heterocycles. The lowest BCUT2D eigenvalue weighted by Gasteiger charge is -2.03. The average molecular weight is 397 g/mol. The molecule has 150 valence electrons. The number of carbonyl (C=O) groups excluding carboxylic acids is 2. The Labute approximate surface area is 166 Å². The number of nitrogens with zero attached hydrogens (tertiary/aromatic N) is 1. The number of benzene rings is 2. The average Bonchev–Trinajstić information content (AvgIpc) is 2.70. The van der Waals surface area contributed by atoms with Crippen LogP contribution in [-0.4, -0.2) is 35.8 Å². The maximum absolute atomic E-state index is 12.0. The van der Waals surface area contributed by atoms with E-state index in [4.69, 9.17) is 9.47 Å². The molecule has 0 spiro atoms. The second-order valence-electron chi connectivity index (χ2n) is 5.90. The Morgan fingerprint density at radius 1 is 0.966 bits per heavy atom. The van der Waals surface area contributed by atoms with Crippen molar-refractivity contribution < 1.29 is 29.1 Å². The molecular weight excluding hydrogens is 378 g/mol. The van der Waals surface area contributed by atoms with E-state index < -0.39 is 16.5 Å². The summed E-state index contributed by atoms with van der Waals surface area (Å²) in [6.45, 7) is 0. The second-order valence-corrected chi connectivity index (χ2v) is 5.90. The first-order valence-electron chi connectivity index (χ1n) is 8.45. The van der Waals surface area contributed by atoms with Crippen LogP contribution in [0.3, 0.4) is 0 Å². The maximum Gasteiger partial charge on any atom is 0.310 e. The van der Waals surface area contributed by atoms with Crippen molar-refractivity contribution in [1.82, 2.24) is 0 Å². The zero-order valence-corrected chi connectivity index (χ0v) is 15.8. The zero-order chi connectivity index (χ0) is 21.4. The number of ether oxygens (including phenoxy) is 2. The topological polar surface area (TPSA) is 116 Å². The number of rotatable bonds is 9. The van der Waals surface area contributed by atoms with Crippen LogP contribution in [0.15, 0.2) is 48.6 Å². The number of phenolic OH excluding ortho intramolecular Hbond substituents is 1. The van der Waals surface area contributed by atoms with Crippen LogP contribution >= 0.6 is 0 Å². The molecule has 0 unspecified atom stereocenters. The van der Waals surface area contributed by atoms with Gasteiger partial charge in [0.15, 0.2) is 28.8 Å². The van der Waals surface area contributed by atoms with E-state index in [1.807, 2.05) is 0 Å². The third kappa shape index (κ3) is 6.03. The number of hydrogen-bond acceptors (Lipinski definition) is 7. The van der Waals surface area contributed by atoms with Gasteiger partial charge in [-0.1, -0.05) is 18.2 Å². The highest BCUT2D eigenvalue weighted by molar-refractivity contribution is 6.10. The summed E-state index contributed by atoms with van der Waals surface area (Å²) in [5.74, 6) is -0.492. The Hall–Kier alpha value is -3.94. The molecule has 0 atom stereocenters. The molecule has 2 aromatic rings. The summed E-state index contributed by atoms with van der Waals surface area (Å²) in [7, 11) is 2.74. The van der Waals surface area contributed by atoms with E-state index in [1.165, 1.54) is 62.8 Å². The van der Waals surface area contributed by atoms with Crippen LogP contribution in [0, 0.1) is 10.1 Å². The molecule has 0 heterocycles. The lowest BCUT2D eigenvalue weighted by molar-refractivity contribution is -0.385. The third-order valence-corrected chi connectivity index (χ3v) is 3.88. The van der Waals surface area contributed by atoms with Crippen molar-refractivity contribution in [2.45, 2.75) is 6.42 Å². The first-order chi connectivity index (χ1) is 13.8. The number of hydrogen-bond donors (Lipinski definition) is 1. The van der Waals surface area contributed by atoms with E-state index in [9.17, 15) is 24.8 Å². The molecule has 1 N–H and O–H groups in total. The normalized spacial score (nSPS) is 11.0. The van der Waals surface area contributed by atoms with Gasteiger partial charge in [-0.25, -0.2) is 0 Å². The Morgan fingerprint density at radius 2 is 1.52 bits per heavy atom. The van der Waals surface area contributed by atoms with Gasteiger partial charge in [-0.15, -0.1) is 0 Å². The number of methoxy groups -OCH3 is 2. The fraction of sp³-hybridized carbons (Fsp3) is 0.143. The van der Waals surface area contributed by atoms with Gasteiger partial charge >= 0.3 is 5.69 Å². The summed E-state index contributed by atoms with van der Waals surface area (Å²) < 4.78 is 9.91. The first kappa shape index (κ1) is 21.4. The molecule has 29 heavy (non-hydrogen) atoms. The molecule has 0 aliphatic carbocycles. The van der Waals surface area contributed by atoms with Crippen molar-refractivity contribution in [3.8, 4) is 17.2 Å². The van der Waals surface area contributed by atoms with Crippen LogP contribution in [0.25, 0.3) is 12.2 Å². The summed E-state index contributed by atoms with van der Waals surface area (Å²) in [5, 5.41) is 20.6. The minimum atomic E-state index is -0.564. The van der Waals surface area contributed by atoms with Crippen molar-refractivity contribution in [2.24, 2.45) is 0 Å². The molecule has 0 bridgehead atoms. The zero-order valence-electron chi connectivity index (χ0n) is 15.8. The van der Waals surface area contributed by atoms with E-state index in [0.717, 1.165) is 0 Å². The van der Waals surface area contributed by atoms with Gasteiger partial charge in [0, 0.05) is 6.07 Å². The molecule has 0 saturated carbocycles. The highest BCUT2D eigenvalue weighted by Crippen LogP contribution is 2.28. The van der Waals surface area contributed by atoms with E-state index in [-0.39, 0.29) is 23.6 Å². The van der Waals surface area contributed by atoms with E-state index in [1.54, 1.807) is 12.1 Å². The molecule has 0 fully saturated rings. The molecule has 8 nitrogen and oxygen atoms in total. The molecule has 0 aliphatic rings. The van der Waals surface area contributed by atoms with Crippen LogP contribution < -0.4 is 9.47 Å². The lowest BCUT2D eigenvalue weighted by Crippen LogP contribution is -2.02. The third-order valence-electron chi connectivity index (χ3n) is 3.88. The summed E-state index contributed by atoms with van der Waals surface area (Å²) >= 11 is 0. The minimum absolute atomic E-state index is 0.0559. The number of carbonyl (C=O) groups is 2. The monoisotopic (exact) mass is 397 g/mol. The van der Waals surface area contributed by atoms with Crippen LogP contribution in [0.1, 0.15) is 17.5 Å². The lowest BCUT2D eigenvalue weighted by atomic mass is 10.1. The largest absolute Gasteiger partial charge is 0.504 e. The second kappa shape index (κ2) is 9.84. The smallest absolute Gasteiger partial charge is 0.310 e. The fourth-order valence-corrected chi connectivity index (χ4v) is 2.43. The van der Waals surface area contributed by atoms with Crippen molar-refractivity contribution in [2.75, 3.05) is 14.2 Å². The highest BCUT2D eigenvalue weighted by atomic mass is 16.6. The number of phenols is 1. The molecule has 0 saturated heterocycles. The van der Waals surface area contributed by atoms with Crippen molar-refractivity contribution in [3.05, 3.63) is 69.8 Å². The van der Waals surface area contributed by atoms with E-state index >= 15 is 0 Å². The van der Waals surface area contributed by atoms with Crippen molar-refractivity contribution in [3.63, 3.8) is 0 Å². The molecule has 0 amide bonds. The van der Waals surface area contributed by atoms with Crippen molar-refractivity contribution in [1.29, 1.82) is 0 Å². The SMILES string of the molecule is COc1ccc(C=CC(=O)CC(=O)C=Cc2ccc([N+](=O)[O-])c(OC)c2)cc1O. The summed E-state index contributed by atoms with van der Waals surface area (Å²) in [6.07, 6.45) is 5.08. The number of nitro benzene ring substituents is 1. The number of allylic oxidation sites excluding steroid dienone is 2. The molecule has 2 aromatic carbocycles. The van der Waals surface area contributed by atoms with Gasteiger partial charge in [-0.2, -0.15) is 0 Å². The van der Waals surface area contributed by atoms with Crippen LogP contribution in [-0.2, 0) is 9.59 Å². The van der Waals surface area contributed by atoms with Gasteiger partial charge < -0.3 is 14.6 Å². The summed E-state index contributed by atoms with van der Waals surface area (Å²) in [5.41, 5.74) is 0.927. The van der Waals surface area contributed by atoms with Crippen LogP contribution in [0.5, 0.6) is 17.2 Å². The maximum atomic E-state index is 12.0. The Bertz CT molecular complexity index is 993. The minimum Gasteiger partial charge on any atom is -0.504 e. The standard InChI is InChI=1S/C21H19NO7/c1-28-20-10-6-14(11-19(20)25)3-7-16(23)13-17(24)8-4-15-5-9-18(22(26)27)21(12-15)29-2/h3-12,25H,13H2,1-2H3. The van der Waals surface area contributed by atoms with E-state index in [2.05, 4.69) is 0 Å². The molecule has 0 aliphatic heterocycles. The van der Waals surface area contributed by atoms with Crippen LogP contribution in [0.4, 0.5) is 5.69 Å². The van der Waals surface area contributed by atoms with Crippen molar-refractivity contribution >= 4 is 29.4 Å². The number of ketones is 2. The van der Waals surface area contributed by atoms with Gasteiger partial charge in [0.25, 0.3) is 0 Å². The molecule has 2 rings (SSSR count). The van der Waals surface area contributed by atoms with Gasteiger partial charge in [0.2, 0.25) is 0 Å². The Balaban J connectivity index is 1.98. The van der Waals surface area contributed by atoms with Gasteiger partial charge in [0.05, 0.1) is 25.6 Å². The number of aromatic hydroxyl groups is 1. The van der Waals surface area contributed by atoms with E-state index in [0.29, 0.717) is 16.9 Å². The fourth-order valence-electron chi connectivity index (χ4n) is 2.43. The number of nitro groups is 1. The molecular formula is C21H19NO7. The predicted molar refractivity (Wildman–Crippen MR) is 107 cm³/mol. The summed E-state index contributed by atoms with van der Waals surface area (Å²) in [6, 6.07) is 8.84. The van der Waals surface area contributed by atoms with Crippen LogP contribution in [0.2, 0.25) is 0 Å². The highest BCUT2D eigenvalue weighted by Gasteiger charge is 2.14.